The van der Waals surface area contributed by atoms with E-state index in [1.807, 2.05) is 6.92 Å². The molecule has 0 aromatic heterocycles. The lowest BCUT2D eigenvalue weighted by atomic mass is 10.0. The standard InChI is InChI=1S/C13H21NO4/c1-5-10(11(15)9-6-7-17-8-9)14-12(16)18-13(2,3)4/h8,10H,5-7H2,1-4H3,(H,14,16)/t10-/m1/s1. The normalized spacial score (nSPS) is 16.6. The van der Waals surface area contributed by atoms with Crippen LogP contribution in [0.2, 0.25) is 0 Å². The Morgan fingerprint density at radius 3 is 2.61 bits per heavy atom. The Balaban J connectivity index is 2.56. The van der Waals surface area contributed by atoms with E-state index in [1.54, 1.807) is 20.8 Å². The number of ether oxygens (including phenoxy) is 2. The molecule has 0 saturated heterocycles. The topological polar surface area (TPSA) is 64.6 Å². The molecule has 1 aliphatic rings. The fourth-order valence-corrected chi connectivity index (χ4v) is 1.60. The molecule has 1 atom stereocenters. The summed E-state index contributed by atoms with van der Waals surface area (Å²) in [5.41, 5.74) is 0.0548. The van der Waals surface area contributed by atoms with Gasteiger partial charge >= 0.3 is 6.09 Å². The van der Waals surface area contributed by atoms with Crippen LogP contribution in [0.25, 0.3) is 0 Å². The lowest BCUT2D eigenvalue weighted by Crippen LogP contribution is -2.43. The largest absolute Gasteiger partial charge is 0.500 e. The van der Waals surface area contributed by atoms with E-state index >= 15 is 0 Å². The van der Waals surface area contributed by atoms with Crippen molar-refractivity contribution < 1.29 is 19.1 Å². The Morgan fingerprint density at radius 1 is 1.50 bits per heavy atom. The van der Waals surface area contributed by atoms with Crippen LogP contribution in [0.4, 0.5) is 4.79 Å². The van der Waals surface area contributed by atoms with Gasteiger partial charge in [0, 0.05) is 12.0 Å². The van der Waals surface area contributed by atoms with E-state index in [0.29, 0.717) is 25.0 Å². The zero-order valence-corrected chi connectivity index (χ0v) is 11.4. The van der Waals surface area contributed by atoms with Gasteiger partial charge in [0.1, 0.15) is 5.60 Å². The molecule has 18 heavy (non-hydrogen) atoms. The molecule has 1 N–H and O–H groups in total. The fraction of sp³-hybridized carbons (Fsp3) is 0.692. The fourth-order valence-electron chi connectivity index (χ4n) is 1.60. The van der Waals surface area contributed by atoms with Gasteiger partial charge in [-0.25, -0.2) is 4.79 Å². The molecule has 102 valence electrons. The summed E-state index contributed by atoms with van der Waals surface area (Å²) in [5, 5.41) is 2.59. The molecule has 0 aromatic rings. The maximum absolute atomic E-state index is 12.1. The van der Waals surface area contributed by atoms with Crippen LogP contribution in [0.15, 0.2) is 11.8 Å². The first-order valence-electron chi connectivity index (χ1n) is 6.18. The third-order valence-corrected chi connectivity index (χ3v) is 2.45. The minimum Gasteiger partial charge on any atom is -0.500 e. The van der Waals surface area contributed by atoms with Gasteiger partial charge in [0.2, 0.25) is 0 Å². The van der Waals surface area contributed by atoms with Crippen molar-refractivity contribution in [3.05, 3.63) is 11.8 Å². The third kappa shape index (κ3) is 4.39. The van der Waals surface area contributed by atoms with Crippen molar-refractivity contribution in [3.8, 4) is 0 Å². The van der Waals surface area contributed by atoms with Crippen LogP contribution in [0.3, 0.4) is 0 Å². The van der Waals surface area contributed by atoms with Crippen molar-refractivity contribution in [1.82, 2.24) is 5.32 Å². The second-order valence-corrected chi connectivity index (χ2v) is 5.24. The maximum atomic E-state index is 12.1. The molecular formula is C13H21NO4. The van der Waals surface area contributed by atoms with Crippen molar-refractivity contribution in [2.45, 2.75) is 52.2 Å². The highest BCUT2D eigenvalue weighted by Crippen LogP contribution is 2.15. The number of hydrogen-bond donors (Lipinski definition) is 1. The average Bonchev–Trinajstić information content (AvgIpc) is 2.75. The Bertz CT molecular complexity index is 354. The highest BCUT2D eigenvalue weighted by atomic mass is 16.6. The summed E-state index contributed by atoms with van der Waals surface area (Å²) in [6.07, 6.45) is 2.03. The molecular weight excluding hydrogens is 234 g/mol. The van der Waals surface area contributed by atoms with E-state index in [9.17, 15) is 9.59 Å². The van der Waals surface area contributed by atoms with Gasteiger partial charge in [-0.15, -0.1) is 0 Å². The molecule has 1 amide bonds. The molecule has 0 aromatic carbocycles. The second kappa shape index (κ2) is 5.89. The molecule has 0 saturated carbocycles. The molecule has 5 nitrogen and oxygen atoms in total. The summed E-state index contributed by atoms with van der Waals surface area (Å²) >= 11 is 0. The van der Waals surface area contributed by atoms with Gasteiger partial charge in [-0.3, -0.25) is 4.79 Å². The molecule has 0 aliphatic carbocycles. The Morgan fingerprint density at radius 2 is 2.17 bits per heavy atom. The number of hydrogen-bond acceptors (Lipinski definition) is 4. The van der Waals surface area contributed by atoms with E-state index in [1.165, 1.54) is 6.26 Å². The van der Waals surface area contributed by atoms with Crippen LogP contribution in [0, 0.1) is 0 Å². The zero-order valence-electron chi connectivity index (χ0n) is 11.4. The SMILES string of the molecule is CC[C@@H](NC(=O)OC(C)(C)C)C(=O)C1=COCC1. The Hall–Kier alpha value is -1.52. The third-order valence-electron chi connectivity index (χ3n) is 2.45. The number of carbonyl (C=O) groups is 2. The summed E-state index contributed by atoms with van der Waals surface area (Å²) in [4.78, 5) is 23.7. The van der Waals surface area contributed by atoms with Crippen LogP contribution in [0.5, 0.6) is 0 Å². The lowest BCUT2D eigenvalue weighted by molar-refractivity contribution is -0.117. The number of ketones is 1. The molecule has 1 aliphatic heterocycles. The molecule has 0 radical (unpaired) electrons. The number of alkyl carbamates (subject to hydrolysis) is 1. The van der Waals surface area contributed by atoms with Crippen LogP contribution >= 0.6 is 0 Å². The molecule has 5 heteroatoms. The minimum atomic E-state index is -0.568. The number of nitrogens with one attached hydrogen (secondary N) is 1. The molecule has 0 unspecified atom stereocenters. The minimum absolute atomic E-state index is 0.0964. The van der Waals surface area contributed by atoms with Crippen molar-refractivity contribution in [2.24, 2.45) is 0 Å². The van der Waals surface area contributed by atoms with E-state index in [-0.39, 0.29) is 5.78 Å². The highest BCUT2D eigenvalue weighted by molar-refractivity contribution is 6.00. The van der Waals surface area contributed by atoms with Crippen molar-refractivity contribution in [3.63, 3.8) is 0 Å². The summed E-state index contributed by atoms with van der Waals surface area (Å²) < 4.78 is 10.2. The lowest BCUT2D eigenvalue weighted by Gasteiger charge is -2.22. The first-order chi connectivity index (χ1) is 8.33. The van der Waals surface area contributed by atoms with E-state index in [2.05, 4.69) is 5.32 Å². The molecule has 0 bridgehead atoms. The first-order valence-corrected chi connectivity index (χ1v) is 6.18. The maximum Gasteiger partial charge on any atom is 0.408 e. The number of amides is 1. The van der Waals surface area contributed by atoms with E-state index in [0.717, 1.165) is 0 Å². The summed E-state index contributed by atoms with van der Waals surface area (Å²) in [5.74, 6) is -0.0964. The van der Waals surface area contributed by atoms with Gasteiger partial charge in [-0.2, -0.15) is 0 Å². The van der Waals surface area contributed by atoms with Gasteiger partial charge in [-0.05, 0) is 27.2 Å². The zero-order chi connectivity index (χ0) is 13.8. The predicted octanol–water partition coefficient (Wildman–Crippen LogP) is 2.16. The van der Waals surface area contributed by atoms with Crippen LogP contribution in [0.1, 0.15) is 40.5 Å². The Kier molecular flexibility index (Phi) is 4.76. The predicted molar refractivity (Wildman–Crippen MR) is 67.1 cm³/mol. The smallest absolute Gasteiger partial charge is 0.408 e. The van der Waals surface area contributed by atoms with Crippen molar-refractivity contribution in [1.29, 1.82) is 0 Å². The number of carbonyl (C=O) groups excluding carboxylic acids is 2. The van der Waals surface area contributed by atoms with Crippen LogP contribution < -0.4 is 5.32 Å². The second-order valence-electron chi connectivity index (χ2n) is 5.24. The monoisotopic (exact) mass is 255 g/mol. The average molecular weight is 255 g/mol. The molecule has 1 rings (SSSR count). The Labute approximate surface area is 108 Å². The van der Waals surface area contributed by atoms with Gasteiger partial charge in [0.05, 0.1) is 18.9 Å². The van der Waals surface area contributed by atoms with E-state index in [4.69, 9.17) is 9.47 Å². The summed E-state index contributed by atoms with van der Waals surface area (Å²) in [7, 11) is 0. The summed E-state index contributed by atoms with van der Waals surface area (Å²) in [6, 6.07) is -0.548. The quantitative estimate of drug-likeness (QED) is 0.836. The highest BCUT2D eigenvalue weighted by Gasteiger charge is 2.26. The van der Waals surface area contributed by atoms with Gasteiger partial charge in [0.25, 0.3) is 0 Å². The van der Waals surface area contributed by atoms with Crippen LogP contribution in [-0.4, -0.2) is 30.1 Å². The molecule has 0 fully saturated rings. The first kappa shape index (κ1) is 14.5. The molecule has 1 heterocycles. The van der Waals surface area contributed by atoms with E-state index < -0.39 is 17.7 Å². The van der Waals surface area contributed by atoms with Gasteiger partial charge in [0.15, 0.2) is 5.78 Å². The van der Waals surface area contributed by atoms with Crippen molar-refractivity contribution in [2.75, 3.05) is 6.61 Å². The van der Waals surface area contributed by atoms with Gasteiger partial charge in [-0.1, -0.05) is 6.92 Å². The summed E-state index contributed by atoms with van der Waals surface area (Å²) in [6.45, 7) is 7.72. The van der Waals surface area contributed by atoms with Crippen LogP contribution in [-0.2, 0) is 14.3 Å². The van der Waals surface area contributed by atoms with Crippen molar-refractivity contribution >= 4 is 11.9 Å². The van der Waals surface area contributed by atoms with Gasteiger partial charge < -0.3 is 14.8 Å². The molecule has 0 spiro atoms. The number of rotatable bonds is 4. The number of Topliss-reactive ketones (excluding diaryl/α,β-unsaturated/α-hetero) is 1.